The van der Waals surface area contributed by atoms with Gasteiger partial charge in [0.05, 0.1) is 17.6 Å². The molecule has 0 radical (unpaired) electrons. The Balaban J connectivity index is 1.70. The van der Waals surface area contributed by atoms with Gasteiger partial charge < -0.3 is 5.11 Å². The van der Waals surface area contributed by atoms with E-state index in [1.165, 1.54) is 36.5 Å². The number of nitrogens with zero attached hydrogens (tertiary/aromatic N) is 3. The van der Waals surface area contributed by atoms with E-state index in [4.69, 9.17) is 0 Å². The van der Waals surface area contributed by atoms with E-state index in [0.717, 1.165) is 4.47 Å². The molecule has 140 valence electrons. The zero-order valence-corrected chi connectivity index (χ0v) is 16.0. The summed E-state index contributed by atoms with van der Waals surface area (Å²) in [5.41, 5.74) is 4.10. The molecule has 28 heavy (non-hydrogen) atoms. The van der Waals surface area contributed by atoms with Crippen molar-refractivity contribution in [3.8, 4) is 5.75 Å². The van der Waals surface area contributed by atoms with Crippen LogP contribution in [0, 0.1) is 5.82 Å². The highest BCUT2D eigenvalue weighted by molar-refractivity contribution is 9.10. The third kappa shape index (κ3) is 5.31. The van der Waals surface area contributed by atoms with Crippen LogP contribution in [0.15, 0.2) is 86.5 Å². The molecule has 0 spiro atoms. The van der Waals surface area contributed by atoms with E-state index in [1.54, 1.807) is 12.1 Å². The third-order valence-electron chi connectivity index (χ3n) is 3.58. The van der Waals surface area contributed by atoms with Crippen molar-refractivity contribution >= 4 is 39.4 Å². The molecule has 0 fully saturated rings. The maximum Gasteiger partial charge on any atom is 0.271 e. The fraction of sp³-hybridized carbons (Fsp3) is 0. The number of hydrogen-bond donors (Lipinski definition) is 2. The van der Waals surface area contributed by atoms with Crippen molar-refractivity contribution in [1.82, 2.24) is 5.43 Å². The highest BCUT2D eigenvalue weighted by Gasteiger charge is 2.05. The molecule has 0 atom stereocenters. The lowest BCUT2D eigenvalue weighted by molar-refractivity contribution is 0.0955. The van der Waals surface area contributed by atoms with Crippen molar-refractivity contribution < 1.29 is 14.3 Å². The summed E-state index contributed by atoms with van der Waals surface area (Å²) in [6.07, 6.45) is 1.29. The lowest BCUT2D eigenvalue weighted by atomic mass is 10.2. The van der Waals surface area contributed by atoms with Crippen molar-refractivity contribution in [2.45, 2.75) is 0 Å². The van der Waals surface area contributed by atoms with Crippen molar-refractivity contribution in [3.05, 3.63) is 88.1 Å². The number of carbonyl (C=O) groups excluding carboxylic acids is 1. The highest BCUT2D eigenvalue weighted by Crippen LogP contribution is 2.25. The first-order valence-corrected chi connectivity index (χ1v) is 8.90. The molecular weight excluding hydrogens is 427 g/mol. The first-order chi connectivity index (χ1) is 13.5. The Morgan fingerprint density at radius 2 is 1.71 bits per heavy atom. The van der Waals surface area contributed by atoms with Gasteiger partial charge in [0, 0.05) is 15.6 Å². The Morgan fingerprint density at radius 1 is 1.00 bits per heavy atom. The SMILES string of the molecule is O=C(N/N=C\c1cc(N=Nc2cccc(Br)c2)ccc1O)c1ccc(F)cc1. The lowest BCUT2D eigenvalue weighted by Crippen LogP contribution is -2.17. The van der Waals surface area contributed by atoms with Crippen LogP contribution < -0.4 is 5.43 Å². The number of rotatable bonds is 5. The number of hydrogen-bond acceptors (Lipinski definition) is 5. The molecule has 6 nitrogen and oxygen atoms in total. The largest absolute Gasteiger partial charge is 0.507 e. The number of benzene rings is 3. The molecular formula is C20H14BrFN4O2. The quantitative estimate of drug-likeness (QED) is 0.312. The van der Waals surface area contributed by atoms with E-state index in [2.05, 4.69) is 36.7 Å². The standard InChI is InChI=1S/C20H14BrFN4O2/c21-15-2-1-3-17(11-15)24-25-18-8-9-19(27)14(10-18)12-23-26-20(28)13-4-6-16(22)7-5-13/h1-12,27H,(H,26,28)/b23-12-,25-24?. The second-order valence-corrected chi connectivity index (χ2v) is 6.54. The van der Waals surface area contributed by atoms with Crippen LogP contribution in [0.25, 0.3) is 0 Å². The Morgan fingerprint density at radius 3 is 2.43 bits per heavy atom. The van der Waals surface area contributed by atoms with Gasteiger partial charge >= 0.3 is 0 Å². The fourth-order valence-electron chi connectivity index (χ4n) is 2.19. The van der Waals surface area contributed by atoms with Crippen LogP contribution in [-0.4, -0.2) is 17.2 Å². The molecule has 0 saturated heterocycles. The lowest BCUT2D eigenvalue weighted by Gasteiger charge is -2.02. The molecule has 8 heteroatoms. The number of nitrogens with one attached hydrogen (secondary N) is 1. The molecule has 2 N–H and O–H groups in total. The Bertz CT molecular complexity index is 1050. The number of azo groups is 1. The third-order valence-corrected chi connectivity index (χ3v) is 4.07. The molecule has 3 aromatic rings. The summed E-state index contributed by atoms with van der Waals surface area (Å²) in [5.74, 6) is -0.957. The van der Waals surface area contributed by atoms with Crippen LogP contribution in [0.1, 0.15) is 15.9 Å². The number of phenolic OH excluding ortho intramolecular Hbond substituents is 1. The second kappa shape index (κ2) is 9.01. The molecule has 0 bridgehead atoms. The van der Waals surface area contributed by atoms with Gasteiger partial charge in [-0.25, -0.2) is 9.82 Å². The first kappa shape index (κ1) is 19.4. The fourth-order valence-corrected chi connectivity index (χ4v) is 2.57. The molecule has 3 aromatic carbocycles. The molecule has 0 aliphatic heterocycles. The second-order valence-electron chi connectivity index (χ2n) is 5.63. The van der Waals surface area contributed by atoms with Crippen LogP contribution in [0.2, 0.25) is 0 Å². The van der Waals surface area contributed by atoms with Crippen molar-refractivity contribution in [2.24, 2.45) is 15.3 Å². The zero-order chi connectivity index (χ0) is 19.9. The zero-order valence-electron chi connectivity index (χ0n) is 14.4. The van der Waals surface area contributed by atoms with Crippen LogP contribution in [0.4, 0.5) is 15.8 Å². The van der Waals surface area contributed by atoms with Crippen LogP contribution in [-0.2, 0) is 0 Å². The summed E-state index contributed by atoms with van der Waals surface area (Å²) in [7, 11) is 0. The van der Waals surface area contributed by atoms with Gasteiger partial charge in [-0.15, -0.1) is 0 Å². The van der Waals surface area contributed by atoms with E-state index in [-0.39, 0.29) is 11.3 Å². The smallest absolute Gasteiger partial charge is 0.271 e. The summed E-state index contributed by atoms with van der Waals surface area (Å²) in [6.45, 7) is 0. The highest BCUT2D eigenvalue weighted by atomic mass is 79.9. The number of carbonyl (C=O) groups is 1. The van der Waals surface area contributed by atoms with Gasteiger partial charge in [0.25, 0.3) is 5.91 Å². The van der Waals surface area contributed by atoms with Gasteiger partial charge in [-0.3, -0.25) is 4.79 Å². The van der Waals surface area contributed by atoms with Crippen molar-refractivity contribution in [3.63, 3.8) is 0 Å². The molecule has 0 heterocycles. The molecule has 0 saturated carbocycles. The molecule has 0 aliphatic rings. The predicted octanol–water partition coefficient (Wildman–Crippen LogP) is 5.47. The summed E-state index contributed by atoms with van der Waals surface area (Å²) in [4.78, 5) is 11.9. The first-order valence-electron chi connectivity index (χ1n) is 8.10. The van der Waals surface area contributed by atoms with Crippen molar-refractivity contribution in [1.29, 1.82) is 0 Å². The van der Waals surface area contributed by atoms with E-state index in [0.29, 0.717) is 16.9 Å². The predicted molar refractivity (Wildman–Crippen MR) is 108 cm³/mol. The molecule has 0 aliphatic carbocycles. The van der Waals surface area contributed by atoms with Gasteiger partial charge in [-0.2, -0.15) is 15.3 Å². The van der Waals surface area contributed by atoms with Crippen LogP contribution in [0.5, 0.6) is 5.75 Å². The summed E-state index contributed by atoms with van der Waals surface area (Å²) in [6, 6.07) is 17.1. The number of hydrazone groups is 1. The molecule has 0 aromatic heterocycles. The average Bonchev–Trinajstić information content (AvgIpc) is 2.69. The number of amides is 1. The maximum absolute atomic E-state index is 12.9. The van der Waals surface area contributed by atoms with E-state index >= 15 is 0 Å². The normalized spacial score (nSPS) is 11.2. The van der Waals surface area contributed by atoms with Gasteiger partial charge in [0.2, 0.25) is 0 Å². The van der Waals surface area contributed by atoms with Gasteiger partial charge in [-0.1, -0.05) is 22.0 Å². The van der Waals surface area contributed by atoms with E-state index < -0.39 is 11.7 Å². The Hall–Kier alpha value is -3.39. The Kier molecular flexibility index (Phi) is 6.23. The minimum Gasteiger partial charge on any atom is -0.507 e. The summed E-state index contributed by atoms with van der Waals surface area (Å²) >= 11 is 3.36. The van der Waals surface area contributed by atoms with E-state index in [1.807, 2.05) is 24.3 Å². The minimum atomic E-state index is -0.499. The van der Waals surface area contributed by atoms with Crippen molar-refractivity contribution in [2.75, 3.05) is 0 Å². The molecule has 0 unspecified atom stereocenters. The van der Waals surface area contributed by atoms with Crippen LogP contribution >= 0.6 is 15.9 Å². The van der Waals surface area contributed by atoms with Gasteiger partial charge in [-0.05, 0) is 60.7 Å². The Labute approximate surface area is 168 Å². The summed E-state index contributed by atoms with van der Waals surface area (Å²) in [5, 5.41) is 22.0. The number of halogens is 2. The van der Waals surface area contributed by atoms with Gasteiger partial charge in [0.1, 0.15) is 11.6 Å². The molecule has 1 amide bonds. The number of phenols is 1. The average molecular weight is 441 g/mol. The van der Waals surface area contributed by atoms with Crippen LogP contribution in [0.3, 0.4) is 0 Å². The number of aromatic hydroxyl groups is 1. The van der Waals surface area contributed by atoms with E-state index in [9.17, 15) is 14.3 Å². The molecule has 3 rings (SSSR count). The summed E-state index contributed by atoms with van der Waals surface area (Å²) < 4.78 is 13.8. The van der Waals surface area contributed by atoms with Gasteiger partial charge in [0.15, 0.2) is 0 Å². The monoisotopic (exact) mass is 440 g/mol. The topological polar surface area (TPSA) is 86.4 Å². The minimum absolute atomic E-state index is 0.0267. The maximum atomic E-state index is 12.9.